The first kappa shape index (κ1) is 61.6. The van der Waals surface area contributed by atoms with Gasteiger partial charge in [0.25, 0.3) is 5.56 Å². The summed E-state index contributed by atoms with van der Waals surface area (Å²) in [5, 5.41) is 18.1. The van der Waals surface area contributed by atoms with Crippen LogP contribution in [-0.2, 0) is 56.2 Å². The molecule has 4 aromatic rings. The van der Waals surface area contributed by atoms with E-state index in [2.05, 4.69) is 31.9 Å². The molecule has 77 heavy (non-hydrogen) atoms. The van der Waals surface area contributed by atoms with Gasteiger partial charge in [-0.05, 0) is 109 Å². The van der Waals surface area contributed by atoms with Crippen LogP contribution in [0.4, 0.5) is 10.5 Å². The van der Waals surface area contributed by atoms with Crippen molar-refractivity contribution in [3.05, 3.63) is 101 Å². The fourth-order valence-electron chi connectivity index (χ4n) is 7.97. The number of aromatic nitrogens is 1. The second-order valence-electron chi connectivity index (χ2n) is 19.7. The van der Waals surface area contributed by atoms with Crippen LogP contribution in [0.15, 0.2) is 89.9 Å². The number of carbonyl (C=O) groups is 8. The maximum absolute atomic E-state index is 13.5. The number of anilines is 1. The third-order valence-corrected chi connectivity index (χ3v) is 12.1. The van der Waals surface area contributed by atoms with Gasteiger partial charge < -0.3 is 61.1 Å². The Bertz CT molecular complexity index is 2680. The molecule has 0 bridgehead atoms. The average Bonchev–Trinajstić information content (AvgIpc) is 3.39. The Morgan fingerprint density at radius 2 is 1.26 bits per heavy atom. The van der Waals surface area contributed by atoms with Crippen LogP contribution in [0.25, 0.3) is 10.8 Å². The number of nitrogens with one attached hydrogen (secondary N) is 6. The van der Waals surface area contributed by atoms with Crippen molar-refractivity contribution in [2.24, 2.45) is 23.5 Å². The summed E-state index contributed by atoms with van der Waals surface area (Å²) in [6, 6.07) is 19.4. The Morgan fingerprint density at radius 3 is 1.84 bits per heavy atom. The normalized spacial score (nSPS) is 12.6. The molecule has 1 heterocycles. The fourth-order valence-corrected chi connectivity index (χ4v) is 7.97. The number of methoxy groups -OCH3 is 1. The highest BCUT2D eigenvalue weighted by Gasteiger charge is 2.33. The quantitative estimate of drug-likeness (QED) is 0.0250. The molecular weight excluding hydrogens is 993 g/mol. The van der Waals surface area contributed by atoms with Crippen LogP contribution < -0.4 is 52.7 Å². The van der Waals surface area contributed by atoms with E-state index in [0.717, 1.165) is 20.9 Å². The number of carbonyl (C=O) groups excluding carboxylic acids is 8. The van der Waals surface area contributed by atoms with E-state index >= 15 is 0 Å². The maximum atomic E-state index is 13.5. The summed E-state index contributed by atoms with van der Waals surface area (Å²) in [6.45, 7) is 11.3. The van der Waals surface area contributed by atoms with Gasteiger partial charge in [0.05, 0.1) is 20.3 Å². The molecular formula is C56H76N8O13. The molecule has 0 fully saturated rings. The lowest BCUT2D eigenvalue weighted by atomic mass is 9.98. The van der Waals surface area contributed by atoms with Crippen LogP contribution in [0.5, 0.6) is 11.5 Å². The Balaban J connectivity index is 1.25. The molecule has 0 saturated carbocycles. The first-order valence-corrected chi connectivity index (χ1v) is 26.0. The highest BCUT2D eigenvalue weighted by Crippen LogP contribution is 2.26. The summed E-state index contributed by atoms with van der Waals surface area (Å²) < 4.78 is 23.1. The van der Waals surface area contributed by atoms with Crippen LogP contribution in [-0.4, -0.2) is 103 Å². The van der Waals surface area contributed by atoms with Crippen molar-refractivity contribution in [3.8, 4) is 11.5 Å². The molecule has 0 saturated heterocycles. The Morgan fingerprint density at radius 1 is 0.636 bits per heavy atom. The molecule has 0 spiro atoms. The SMILES string of the molecule is COC(=O)[C@@H](NC(=O)[C@H](CC(C)C)NC(=O)[C@@H](NC(=O)CCCOc1ccc2ccc(OCCCC(=O)N[C@@H](CCCCNC(=O)OCc3ccccc3)C(=O)Nc3cccn(CC(N)=O)c3=O)cc2c1)C(C)C)C(C)C. The number of benzene rings is 3. The van der Waals surface area contributed by atoms with Gasteiger partial charge in [-0.15, -0.1) is 0 Å². The number of ether oxygens (including phenoxy) is 4. The molecule has 7 amide bonds. The number of primary amides is 1. The van der Waals surface area contributed by atoms with Gasteiger partial charge in [-0.25, -0.2) is 9.59 Å². The van der Waals surface area contributed by atoms with Crippen molar-refractivity contribution in [3.63, 3.8) is 0 Å². The first-order valence-electron chi connectivity index (χ1n) is 26.0. The number of unbranched alkanes of at least 4 members (excludes halogenated alkanes) is 1. The molecule has 21 nitrogen and oxygen atoms in total. The molecule has 1 aromatic heterocycles. The molecule has 0 aliphatic heterocycles. The van der Waals surface area contributed by atoms with E-state index in [9.17, 15) is 43.2 Å². The molecule has 4 rings (SSSR count). The molecule has 0 aliphatic carbocycles. The number of nitrogens with two attached hydrogens (primary N) is 1. The number of alkyl carbamates (subject to hydrolysis) is 1. The zero-order chi connectivity index (χ0) is 56.4. The van der Waals surface area contributed by atoms with E-state index in [4.69, 9.17) is 24.7 Å². The van der Waals surface area contributed by atoms with Gasteiger partial charge in [0.15, 0.2) is 0 Å². The van der Waals surface area contributed by atoms with Crippen LogP contribution >= 0.6 is 0 Å². The predicted octanol–water partition coefficient (Wildman–Crippen LogP) is 5.01. The topological polar surface area (TPSA) is 294 Å². The van der Waals surface area contributed by atoms with E-state index in [1.54, 1.807) is 33.8 Å². The number of nitrogens with zero attached hydrogens (tertiary/aromatic N) is 1. The standard InChI is InChI=1S/C56H76N8O13/c1-35(2)30-45(52(69)63-50(37(5)6)55(72)74-7)61-53(70)49(36(3)4)62-48(67)21-15-29-76-42-25-23-39-22-24-41(31-40(39)32-42)75-28-14-20-47(66)59-43(51(68)60-44-19-13-27-64(54(44)71)33-46(57)65)18-11-12-26-58-56(73)77-34-38-16-9-8-10-17-38/h8-10,13,16-17,19,22-25,27,31-32,35-37,43,45,49-50H,11-12,14-15,18,20-21,26,28-30,33-34H2,1-7H3,(H2,57,65)(H,58,73)(H,59,66)(H,60,68)(H,61,70)(H,62,67)(H,63,69)/t43-,45-,49-,50-/m0/s1. The smallest absolute Gasteiger partial charge is 0.407 e. The summed E-state index contributed by atoms with van der Waals surface area (Å²) in [5.74, 6) is -3.19. The number of amides is 7. The van der Waals surface area contributed by atoms with Gasteiger partial charge in [0.2, 0.25) is 35.4 Å². The summed E-state index contributed by atoms with van der Waals surface area (Å²) >= 11 is 0. The van der Waals surface area contributed by atoms with E-state index < -0.39 is 71.3 Å². The van der Waals surface area contributed by atoms with E-state index in [-0.39, 0.29) is 81.5 Å². The molecule has 4 atom stereocenters. The maximum Gasteiger partial charge on any atom is 0.407 e. The number of hydrogen-bond acceptors (Lipinski definition) is 13. The summed E-state index contributed by atoms with van der Waals surface area (Å²) in [7, 11) is 1.24. The zero-order valence-corrected chi connectivity index (χ0v) is 45.1. The predicted molar refractivity (Wildman–Crippen MR) is 289 cm³/mol. The van der Waals surface area contributed by atoms with E-state index in [1.807, 2.05) is 74.5 Å². The largest absolute Gasteiger partial charge is 0.494 e. The molecule has 0 unspecified atom stereocenters. The first-order chi connectivity index (χ1) is 36.7. The summed E-state index contributed by atoms with van der Waals surface area (Å²) in [6.07, 6.45) is 2.87. The van der Waals surface area contributed by atoms with Crippen molar-refractivity contribution in [1.29, 1.82) is 0 Å². The van der Waals surface area contributed by atoms with E-state index in [0.29, 0.717) is 43.6 Å². The second kappa shape index (κ2) is 31.8. The number of esters is 1. The van der Waals surface area contributed by atoms with Crippen LogP contribution in [0.3, 0.4) is 0 Å². The molecule has 3 aromatic carbocycles. The lowest BCUT2D eigenvalue weighted by Crippen LogP contribution is -2.57. The van der Waals surface area contributed by atoms with Crippen molar-refractivity contribution < 1.29 is 57.3 Å². The van der Waals surface area contributed by atoms with Gasteiger partial charge in [0.1, 0.15) is 54.5 Å². The fraction of sp³-hybridized carbons (Fsp3) is 0.482. The van der Waals surface area contributed by atoms with Crippen molar-refractivity contribution >= 4 is 64.0 Å². The zero-order valence-electron chi connectivity index (χ0n) is 45.1. The third kappa shape index (κ3) is 21.7. The number of rotatable bonds is 32. The number of fused-ring (bicyclic) bond motifs is 1. The van der Waals surface area contributed by atoms with Gasteiger partial charge in [-0.1, -0.05) is 84.0 Å². The van der Waals surface area contributed by atoms with Crippen molar-refractivity contribution in [2.75, 3.05) is 32.2 Å². The Hall–Kier alpha value is -7.97. The molecule has 21 heteroatoms. The Labute approximate surface area is 449 Å². The second-order valence-corrected chi connectivity index (χ2v) is 19.7. The summed E-state index contributed by atoms with van der Waals surface area (Å²) in [5.41, 5.74) is 5.37. The Kier molecular flexibility index (Phi) is 25.4. The molecule has 418 valence electrons. The van der Waals surface area contributed by atoms with Gasteiger partial charge >= 0.3 is 12.1 Å². The molecule has 0 radical (unpaired) electrons. The number of hydrogen-bond donors (Lipinski definition) is 7. The van der Waals surface area contributed by atoms with Crippen LogP contribution in [0, 0.1) is 17.8 Å². The lowest BCUT2D eigenvalue weighted by molar-refractivity contribution is -0.146. The average molecular weight is 1070 g/mol. The van der Waals surface area contributed by atoms with Gasteiger partial charge in [-0.2, -0.15) is 0 Å². The summed E-state index contributed by atoms with van der Waals surface area (Å²) in [4.78, 5) is 116. The minimum Gasteiger partial charge on any atom is -0.494 e. The third-order valence-electron chi connectivity index (χ3n) is 12.1. The molecule has 0 aliphatic rings. The lowest BCUT2D eigenvalue weighted by Gasteiger charge is -2.28. The molecule has 8 N–H and O–H groups in total. The monoisotopic (exact) mass is 1070 g/mol. The number of pyridine rings is 1. The highest BCUT2D eigenvalue weighted by molar-refractivity contribution is 5.97. The van der Waals surface area contributed by atoms with Crippen LogP contribution in [0.1, 0.15) is 98.5 Å². The van der Waals surface area contributed by atoms with Crippen molar-refractivity contribution in [1.82, 2.24) is 31.2 Å². The van der Waals surface area contributed by atoms with Gasteiger partial charge in [0, 0.05) is 25.6 Å². The highest BCUT2D eigenvalue weighted by atomic mass is 16.5. The van der Waals surface area contributed by atoms with Gasteiger partial charge in [-0.3, -0.25) is 33.6 Å². The van der Waals surface area contributed by atoms with E-state index in [1.165, 1.54) is 25.4 Å². The minimum atomic E-state index is -1.04. The van der Waals surface area contributed by atoms with Crippen LogP contribution in [0.2, 0.25) is 0 Å². The van der Waals surface area contributed by atoms with Crippen molar-refractivity contribution in [2.45, 2.75) is 130 Å². The minimum absolute atomic E-state index is 0.0143.